The number of aromatic nitrogens is 1. The molecule has 0 saturated heterocycles. The molecular weight excluding hydrogens is 474 g/mol. The van der Waals surface area contributed by atoms with Crippen LogP contribution < -0.4 is 20.3 Å². The molecule has 4 N–H and O–H groups in total. The summed E-state index contributed by atoms with van der Waals surface area (Å²) in [7, 11) is 1.66. The highest BCUT2D eigenvalue weighted by atomic mass is 16.5. The highest BCUT2D eigenvalue weighted by Crippen LogP contribution is 2.31. The number of methoxy groups -OCH3 is 1. The average molecular weight is 510 g/mol. The van der Waals surface area contributed by atoms with Crippen LogP contribution in [0.1, 0.15) is 56.2 Å². The van der Waals surface area contributed by atoms with Crippen LogP contribution in [0.2, 0.25) is 0 Å². The minimum atomic E-state index is -0.598. The number of hydrogen-bond donors (Lipinski definition) is 4. The number of anilines is 1. The average Bonchev–Trinajstić information content (AvgIpc) is 3.26. The Bertz CT molecular complexity index is 1210. The largest absolute Gasteiger partial charge is 0.497 e. The van der Waals surface area contributed by atoms with Gasteiger partial charge in [-0.15, -0.1) is 0 Å². The Labute approximate surface area is 216 Å². The zero-order valence-corrected chi connectivity index (χ0v) is 21.2. The first-order valence-corrected chi connectivity index (χ1v) is 12.8. The lowest BCUT2D eigenvalue weighted by Crippen LogP contribution is -2.31. The molecule has 1 aliphatic rings. The molecule has 198 valence electrons. The number of carbonyl (C=O) groups excluding carboxylic acids is 2. The second-order valence-corrected chi connectivity index (χ2v) is 9.22. The van der Waals surface area contributed by atoms with Gasteiger partial charge in [-0.3, -0.25) is 14.8 Å². The lowest BCUT2D eigenvalue weighted by atomic mass is 10.1. The number of aromatic amines is 1. The van der Waals surface area contributed by atoms with Crippen molar-refractivity contribution in [1.82, 2.24) is 10.5 Å². The Morgan fingerprint density at radius 3 is 2.86 bits per heavy atom. The highest BCUT2D eigenvalue weighted by Gasteiger charge is 2.21. The first kappa shape index (κ1) is 26.5. The smallest absolute Gasteiger partial charge is 0.253 e. The summed E-state index contributed by atoms with van der Waals surface area (Å²) in [4.78, 5) is 27.9. The predicted octanol–water partition coefficient (Wildman–Crippen LogP) is 4.87. The van der Waals surface area contributed by atoms with Gasteiger partial charge < -0.3 is 24.5 Å². The fourth-order valence-corrected chi connectivity index (χ4v) is 4.61. The van der Waals surface area contributed by atoms with Gasteiger partial charge in [0.15, 0.2) is 0 Å². The van der Waals surface area contributed by atoms with Crippen LogP contribution in [0.4, 0.5) is 5.69 Å². The summed E-state index contributed by atoms with van der Waals surface area (Å²) in [5.74, 6) is 0.766. The van der Waals surface area contributed by atoms with Crippen molar-refractivity contribution < 1.29 is 29.0 Å². The van der Waals surface area contributed by atoms with E-state index in [9.17, 15) is 9.59 Å². The van der Waals surface area contributed by atoms with Gasteiger partial charge in [0.2, 0.25) is 5.91 Å². The van der Waals surface area contributed by atoms with Crippen molar-refractivity contribution in [1.29, 1.82) is 0 Å². The number of H-pyrrole nitrogens is 1. The van der Waals surface area contributed by atoms with Crippen molar-refractivity contribution in [3.8, 4) is 11.5 Å². The van der Waals surface area contributed by atoms with Gasteiger partial charge in [-0.1, -0.05) is 25.0 Å². The Morgan fingerprint density at radius 2 is 2.03 bits per heavy atom. The van der Waals surface area contributed by atoms with Gasteiger partial charge in [0, 0.05) is 35.2 Å². The van der Waals surface area contributed by atoms with E-state index in [1.807, 2.05) is 42.5 Å². The third-order valence-corrected chi connectivity index (χ3v) is 6.65. The summed E-state index contributed by atoms with van der Waals surface area (Å²) in [6.45, 7) is 0.837. The van der Waals surface area contributed by atoms with Crippen molar-refractivity contribution in [3.05, 3.63) is 53.7 Å². The van der Waals surface area contributed by atoms with E-state index in [2.05, 4.69) is 10.3 Å². The number of hydrogen-bond acceptors (Lipinski definition) is 6. The highest BCUT2D eigenvalue weighted by molar-refractivity contribution is 5.95. The van der Waals surface area contributed by atoms with Crippen LogP contribution in [0, 0.1) is 0 Å². The first-order chi connectivity index (χ1) is 18.1. The second-order valence-electron chi connectivity index (χ2n) is 9.22. The number of nitrogens with one attached hydrogen (secondary N) is 3. The van der Waals surface area contributed by atoms with Crippen molar-refractivity contribution in [2.45, 2.75) is 64.1 Å². The molecule has 4 rings (SSSR count). The van der Waals surface area contributed by atoms with Crippen LogP contribution in [-0.2, 0) is 27.4 Å². The quantitative estimate of drug-likeness (QED) is 0.205. The van der Waals surface area contributed by atoms with Gasteiger partial charge in [-0.05, 0) is 62.4 Å². The molecule has 9 heteroatoms. The number of unbranched alkanes of at least 4 members (excludes halogenated alkanes) is 2. The van der Waals surface area contributed by atoms with E-state index in [-0.39, 0.29) is 12.3 Å². The van der Waals surface area contributed by atoms with Crippen LogP contribution in [-0.4, -0.2) is 41.8 Å². The molecule has 2 heterocycles. The third-order valence-electron chi connectivity index (χ3n) is 6.65. The van der Waals surface area contributed by atoms with E-state index in [0.717, 1.165) is 60.0 Å². The summed E-state index contributed by atoms with van der Waals surface area (Å²) < 4.78 is 17.7. The van der Waals surface area contributed by atoms with E-state index in [1.54, 1.807) is 12.6 Å². The molecule has 1 aromatic heterocycles. The number of amides is 2. The summed E-state index contributed by atoms with van der Waals surface area (Å²) in [5, 5.41) is 12.7. The number of rotatable bonds is 7. The Morgan fingerprint density at radius 1 is 1.16 bits per heavy atom. The van der Waals surface area contributed by atoms with Gasteiger partial charge >= 0.3 is 0 Å². The van der Waals surface area contributed by atoms with E-state index < -0.39 is 12.0 Å². The number of fused-ring (bicyclic) bond motifs is 4. The van der Waals surface area contributed by atoms with E-state index in [1.165, 1.54) is 0 Å². The normalized spacial score (nSPS) is 16.6. The van der Waals surface area contributed by atoms with E-state index in [4.69, 9.17) is 19.4 Å². The lowest BCUT2D eigenvalue weighted by Gasteiger charge is -2.20. The zero-order chi connectivity index (χ0) is 26.0. The molecule has 0 fully saturated rings. The maximum Gasteiger partial charge on any atom is 0.253 e. The SMILES string of the molecule is COc1ccc2[nH]c3c(c2c1)COc1ccccc1NC(=O)C(CCCCCC(=O)NO)OCCCC3. The van der Waals surface area contributed by atoms with Gasteiger partial charge in [0.1, 0.15) is 24.2 Å². The van der Waals surface area contributed by atoms with Crippen LogP contribution in [0.3, 0.4) is 0 Å². The maximum absolute atomic E-state index is 13.2. The minimum absolute atomic E-state index is 0.210. The van der Waals surface area contributed by atoms with Crippen LogP contribution in [0.15, 0.2) is 42.5 Å². The lowest BCUT2D eigenvalue weighted by molar-refractivity contribution is -0.129. The Hall–Kier alpha value is -3.56. The van der Waals surface area contributed by atoms with Gasteiger partial charge in [-0.2, -0.15) is 0 Å². The molecule has 0 spiro atoms. The molecule has 3 aromatic rings. The number of para-hydroxylation sites is 2. The van der Waals surface area contributed by atoms with Gasteiger partial charge in [0.05, 0.1) is 12.8 Å². The first-order valence-electron chi connectivity index (χ1n) is 12.8. The Kier molecular flexibility index (Phi) is 9.40. The van der Waals surface area contributed by atoms with Crippen LogP contribution in [0.25, 0.3) is 10.9 Å². The minimum Gasteiger partial charge on any atom is -0.497 e. The number of hydroxylamine groups is 1. The second kappa shape index (κ2) is 13.1. The molecule has 1 unspecified atom stereocenters. The fraction of sp³-hybridized carbons (Fsp3) is 0.429. The topological polar surface area (TPSA) is 122 Å². The molecule has 0 radical (unpaired) electrons. The molecular formula is C28H35N3O6. The third kappa shape index (κ3) is 7.02. The maximum atomic E-state index is 13.2. The number of benzene rings is 2. The van der Waals surface area contributed by atoms with Crippen molar-refractivity contribution in [2.24, 2.45) is 0 Å². The molecule has 0 bridgehead atoms. The summed E-state index contributed by atoms with van der Waals surface area (Å²) in [6.07, 6.45) is 4.88. The summed E-state index contributed by atoms with van der Waals surface area (Å²) >= 11 is 0. The Balaban J connectivity index is 1.50. The van der Waals surface area contributed by atoms with Crippen LogP contribution in [0.5, 0.6) is 11.5 Å². The molecule has 2 amide bonds. The number of carbonyl (C=O) groups is 2. The molecule has 1 atom stereocenters. The van der Waals surface area contributed by atoms with E-state index in [0.29, 0.717) is 37.5 Å². The zero-order valence-electron chi connectivity index (χ0n) is 21.2. The molecule has 0 aliphatic carbocycles. The summed E-state index contributed by atoms with van der Waals surface area (Å²) in [5.41, 5.74) is 5.49. The molecule has 1 aliphatic heterocycles. The fourth-order valence-electron chi connectivity index (χ4n) is 4.61. The van der Waals surface area contributed by atoms with Crippen molar-refractivity contribution in [3.63, 3.8) is 0 Å². The number of aryl methyl sites for hydroxylation is 1. The van der Waals surface area contributed by atoms with Gasteiger partial charge in [-0.25, -0.2) is 5.48 Å². The standard InChI is InChI=1S/C28H35N3O6/c1-35-19-14-15-23-20(17-19)21-18-37-25-11-6-5-10-24(25)30-28(33)26(12-3-2-4-13-27(32)31-34)36-16-8-7-9-22(21)29-23/h5-6,10-11,14-15,17,26,29,34H,2-4,7-9,12-13,16,18H2,1H3,(H,30,33)(H,31,32). The van der Waals surface area contributed by atoms with Crippen molar-refractivity contribution in [2.75, 3.05) is 19.0 Å². The number of ether oxygens (including phenoxy) is 3. The molecule has 37 heavy (non-hydrogen) atoms. The molecule has 2 aromatic carbocycles. The van der Waals surface area contributed by atoms with E-state index >= 15 is 0 Å². The predicted molar refractivity (Wildman–Crippen MR) is 140 cm³/mol. The molecule has 0 saturated carbocycles. The monoisotopic (exact) mass is 509 g/mol. The van der Waals surface area contributed by atoms with Crippen molar-refractivity contribution >= 4 is 28.4 Å². The van der Waals surface area contributed by atoms with Crippen LogP contribution >= 0.6 is 0 Å². The molecule has 9 nitrogen and oxygen atoms in total. The van der Waals surface area contributed by atoms with Gasteiger partial charge in [0.25, 0.3) is 5.91 Å². The summed E-state index contributed by atoms with van der Waals surface area (Å²) in [6, 6.07) is 13.4.